The summed E-state index contributed by atoms with van der Waals surface area (Å²) in [5, 5.41) is 16.0. The summed E-state index contributed by atoms with van der Waals surface area (Å²) < 4.78 is 5.22. The molecular formula is C17H21N5O4. The number of methoxy groups -OCH3 is 1. The Labute approximate surface area is 150 Å². The highest BCUT2D eigenvalue weighted by atomic mass is 16.5. The van der Waals surface area contributed by atoms with Crippen LogP contribution in [0, 0.1) is 5.92 Å². The van der Waals surface area contributed by atoms with E-state index in [1.54, 1.807) is 18.1 Å². The quantitative estimate of drug-likeness (QED) is 0.689. The van der Waals surface area contributed by atoms with Crippen molar-refractivity contribution < 1.29 is 19.4 Å². The van der Waals surface area contributed by atoms with Crippen molar-refractivity contribution in [3.63, 3.8) is 0 Å². The molecule has 1 fully saturated rings. The molecule has 2 aromatic rings. The van der Waals surface area contributed by atoms with Gasteiger partial charge in [-0.05, 0) is 17.7 Å². The van der Waals surface area contributed by atoms with Crippen molar-refractivity contribution in [1.82, 2.24) is 20.1 Å². The molecule has 3 rings (SSSR count). The van der Waals surface area contributed by atoms with E-state index in [0.717, 1.165) is 5.56 Å². The van der Waals surface area contributed by atoms with Gasteiger partial charge in [-0.25, -0.2) is 0 Å². The second-order valence-corrected chi connectivity index (χ2v) is 6.27. The van der Waals surface area contributed by atoms with Gasteiger partial charge in [0, 0.05) is 31.8 Å². The number of hydrogen-bond acceptors (Lipinski definition) is 6. The van der Waals surface area contributed by atoms with Gasteiger partial charge < -0.3 is 20.5 Å². The lowest BCUT2D eigenvalue weighted by Crippen LogP contribution is -2.30. The van der Waals surface area contributed by atoms with E-state index in [9.17, 15) is 14.7 Å². The molecule has 1 aliphatic heterocycles. The molecule has 1 aliphatic rings. The second kappa shape index (κ2) is 7.42. The zero-order chi connectivity index (χ0) is 18.7. The van der Waals surface area contributed by atoms with Gasteiger partial charge >= 0.3 is 5.97 Å². The summed E-state index contributed by atoms with van der Waals surface area (Å²) in [6.45, 7) is 0.552. The minimum atomic E-state index is -0.906. The molecule has 2 atom stereocenters. The maximum Gasteiger partial charge on any atom is 0.308 e. The third-order valence-electron chi connectivity index (χ3n) is 4.64. The SMILES string of the molecule is COc1cccc([C@@H]2CN(C(=O)CCc3nc(N)n[nH]3)C[C@H]2C(=O)O)c1. The number of anilines is 1. The molecule has 0 unspecified atom stereocenters. The number of likely N-dealkylation sites (tertiary alicyclic amines) is 1. The van der Waals surface area contributed by atoms with E-state index in [0.29, 0.717) is 24.5 Å². The predicted octanol–water partition coefficient (Wildman–Crippen LogP) is 0.655. The highest BCUT2D eigenvalue weighted by Crippen LogP contribution is 2.34. The summed E-state index contributed by atoms with van der Waals surface area (Å²) in [4.78, 5) is 29.8. The number of carbonyl (C=O) groups is 2. The molecule has 9 nitrogen and oxygen atoms in total. The average Bonchev–Trinajstić information content (AvgIpc) is 3.26. The summed E-state index contributed by atoms with van der Waals surface area (Å²) in [6, 6.07) is 7.33. The number of amides is 1. The summed E-state index contributed by atoms with van der Waals surface area (Å²) in [6.07, 6.45) is 0.590. The number of aryl methyl sites for hydroxylation is 1. The maximum atomic E-state index is 12.5. The molecule has 138 valence electrons. The Morgan fingerprint density at radius 3 is 2.88 bits per heavy atom. The van der Waals surface area contributed by atoms with Gasteiger partial charge in [0.2, 0.25) is 11.9 Å². The van der Waals surface area contributed by atoms with Crippen LogP contribution in [0.2, 0.25) is 0 Å². The summed E-state index contributed by atoms with van der Waals surface area (Å²) >= 11 is 0. The van der Waals surface area contributed by atoms with Crippen LogP contribution in [-0.4, -0.2) is 57.3 Å². The molecule has 1 amide bonds. The standard InChI is InChI=1S/C17H21N5O4/c1-26-11-4-2-3-10(7-11)12-8-22(9-13(12)16(24)25)15(23)6-5-14-19-17(18)21-20-14/h2-4,7,12-13H,5-6,8-9H2,1H3,(H,24,25)(H3,18,19,20,21)/t12-,13+/m0/s1. The Balaban J connectivity index is 1.69. The van der Waals surface area contributed by atoms with Gasteiger partial charge in [0.25, 0.3) is 0 Å². The molecule has 1 saturated heterocycles. The summed E-state index contributed by atoms with van der Waals surface area (Å²) in [7, 11) is 1.56. The number of carbonyl (C=O) groups excluding carboxylic acids is 1. The van der Waals surface area contributed by atoms with E-state index < -0.39 is 11.9 Å². The van der Waals surface area contributed by atoms with Gasteiger partial charge in [-0.1, -0.05) is 12.1 Å². The predicted molar refractivity (Wildman–Crippen MR) is 92.6 cm³/mol. The lowest BCUT2D eigenvalue weighted by atomic mass is 9.89. The number of aliphatic carboxylic acids is 1. The molecule has 0 spiro atoms. The van der Waals surface area contributed by atoms with Gasteiger partial charge in [0.15, 0.2) is 0 Å². The minimum Gasteiger partial charge on any atom is -0.497 e. The van der Waals surface area contributed by atoms with Crippen LogP contribution in [0.15, 0.2) is 24.3 Å². The first-order valence-corrected chi connectivity index (χ1v) is 8.29. The van der Waals surface area contributed by atoms with Crippen LogP contribution >= 0.6 is 0 Å². The van der Waals surface area contributed by atoms with E-state index in [1.165, 1.54) is 0 Å². The van der Waals surface area contributed by atoms with Crippen molar-refractivity contribution in [1.29, 1.82) is 0 Å². The largest absolute Gasteiger partial charge is 0.497 e. The van der Waals surface area contributed by atoms with Crippen molar-refractivity contribution in [2.24, 2.45) is 5.92 Å². The van der Waals surface area contributed by atoms with Gasteiger partial charge in [0.1, 0.15) is 11.6 Å². The maximum absolute atomic E-state index is 12.5. The Bertz CT molecular complexity index is 806. The van der Waals surface area contributed by atoms with E-state index >= 15 is 0 Å². The molecule has 4 N–H and O–H groups in total. The minimum absolute atomic E-state index is 0.114. The molecular weight excluding hydrogens is 338 g/mol. The molecule has 0 aliphatic carbocycles. The number of aromatic amines is 1. The van der Waals surface area contributed by atoms with Crippen molar-refractivity contribution >= 4 is 17.8 Å². The number of nitrogens with one attached hydrogen (secondary N) is 1. The molecule has 1 aromatic carbocycles. The highest BCUT2D eigenvalue weighted by molar-refractivity contribution is 5.79. The van der Waals surface area contributed by atoms with Crippen molar-refractivity contribution in [3.8, 4) is 5.75 Å². The van der Waals surface area contributed by atoms with Crippen molar-refractivity contribution in [2.75, 3.05) is 25.9 Å². The van der Waals surface area contributed by atoms with E-state index in [1.807, 2.05) is 18.2 Å². The lowest BCUT2D eigenvalue weighted by Gasteiger charge is -2.16. The molecule has 1 aromatic heterocycles. The molecule has 0 bridgehead atoms. The first-order valence-electron chi connectivity index (χ1n) is 8.29. The highest BCUT2D eigenvalue weighted by Gasteiger charge is 2.40. The number of nitrogen functional groups attached to an aromatic ring is 1. The topological polar surface area (TPSA) is 134 Å². The number of H-pyrrole nitrogens is 1. The van der Waals surface area contributed by atoms with Gasteiger partial charge in [-0.2, -0.15) is 4.98 Å². The van der Waals surface area contributed by atoms with Crippen LogP contribution in [0.4, 0.5) is 5.95 Å². The van der Waals surface area contributed by atoms with E-state index in [2.05, 4.69) is 15.2 Å². The third-order valence-corrected chi connectivity index (χ3v) is 4.64. The fourth-order valence-corrected chi connectivity index (χ4v) is 3.27. The number of carboxylic acids is 1. The van der Waals surface area contributed by atoms with Crippen LogP contribution < -0.4 is 10.5 Å². The number of nitrogens with two attached hydrogens (primary N) is 1. The molecule has 0 saturated carbocycles. The fraction of sp³-hybridized carbons (Fsp3) is 0.412. The van der Waals surface area contributed by atoms with Crippen molar-refractivity contribution in [2.45, 2.75) is 18.8 Å². The zero-order valence-corrected chi connectivity index (χ0v) is 14.4. The fourth-order valence-electron chi connectivity index (χ4n) is 3.27. The number of nitrogens with zero attached hydrogens (tertiary/aromatic N) is 3. The smallest absolute Gasteiger partial charge is 0.308 e. The lowest BCUT2D eigenvalue weighted by molar-refractivity contribution is -0.141. The van der Waals surface area contributed by atoms with Crippen LogP contribution in [0.5, 0.6) is 5.75 Å². The van der Waals surface area contributed by atoms with E-state index in [4.69, 9.17) is 10.5 Å². The normalized spacial score (nSPS) is 19.5. The monoisotopic (exact) mass is 359 g/mol. The number of aromatic nitrogens is 3. The number of hydrogen-bond donors (Lipinski definition) is 3. The molecule has 26 heavy (non-hydrogen) atoms. The molecule has 9 heteroatoms. The van der Waals surface area contributed by atoms with Crippen LogP contribution in [0.1, 0.15) is 23.7 Å². The Hall–Kier alpha value is -3.10. The Kier molecular flexibility index (Phi) is 5.06. The Morgan fingerprint density at radius 1 is 1.42 bits per heavy atom. The summed E-state index contributed by atoms with van der Waals surface area (Å²) in [5.74, 6) is -0.599. The van der Waals surface area contributed by atoms with E-state index in [-0.39, 0.29) is 30.7 Å². The third kappa shape index (κ3) is 3.76. The first-order chi connectivity index (χ1) is 12.5. The van der Waals surface area contributed by atoms with Gasteiger partial charge in [-0.15, -0.1) is 5.10 Å². The van der Waals surface area contributed by atoms with Gasteiger partial charge in [-0.3, -0.25) is 14.7 Å². The van der Waals surface area contributed by atoms with Crippen molar-refractivity contribution in [3.05, 3.63) is 35.7 Å². The Morgan fingerprint density at radius 2 is 2.23 bits per heavy atom. The number of ether oxygens (including phenoxy) is 1. The second-order valence-electron chi connectivity index (χ2n) is 6.27. The molecule has 0 radical (unpaired) electrons. The summed E-state index contributed by atoms with van der Waals surface area (Å²) in [5.41, 5.74) is 6.30. The zero-order valence-electron chi connectivity index (χ0n) is 14.4. The van der Waals surface area contributed by atoms with Crippen LogP contribution in [0.3, 0.4) is 0 Å². The van der Waals surface area contributed by atoms with Crippen LogP contribution in [-0.2, 0) is 16.0 Å². The number of rotatable bonds is 6. The van der Waals surface area contributed by atoms with Gasteiger partial charge in [0.05, 0.1) is 13.0 Å². The number of benzene rings is 1. The number of carboxylic acid groups (broad SMARTS) is 1. The first kappa shape index (κ1) is 17.7. The average molecular weight is 359 g/mol. The van der Waals surface area contributed by atoms with Crippen LogP contribution in [0.25, 0.3) is 0 Å². The molecule has 2 heterocycles.